The van der Waals surface area contributed by atoms with Gasteiger partial charge in [0.1, 0.15) is 0 Å². The van der Waals surface area contributed by atoms with Gasteiger partial charge in [-0.05, 0) is 18.4 Å². The average Bonchev–Trinajstić information content (AvgIpc) is 3.00. The SMILES string of the molecule is O=[N+]([O-])c1ccc(N2CC[C@H]3CNC[C@H]32)c(C(F)F)c1. The molecule has 0 unspecified atom stereocenters. The van der Waals surface area contributed by atoms with Crippen LogP contribution in [0, 0.1) is 16.0 Å². The molecular formula is C13H15F2N3O2. The summed E-state index contributed by atoms with van der Waals surface area (Å²) >= 11 is 0. The Morgan fingerprint density at radius 1 is 1.40 bits per heavy atom. The van der Waals surface area contributed by atoms with E-state index in [0.717, 1.165) is 32.1 Å². The Morgan fingerprint density at radius 3 is 2.90 bits per heavy atom. The van der Waals surface area contributed by atoms with E-state index in [-0.39, 0.29) is 17.3 Å². The number of non-ortho nitro benzene ring substituents is 1. The molecule has 1 N–H and O–H groups in total. The minimum absolute atomic E-state index is 0.217. The lowest BCUT2D eigenvalue weighted by molar-refractivity contribution is -0.385. The van der Waals surface area contributed by atoms with Crippen LogP contribution in [0.15, 0.2) is 18.2 Å². The van der Waals surface area contributed by atoms with Gasteiger partial charge >= 0.3 is 0 Å². The van der Waals surface area contributed by atoms with Crippen LogP contribution in [-0.4, -0.2) is 30.6 Å². The summed E-state index contributed by atoms with van der Waals surface area (Å²) in [6.07, 6.45) is -1.74. The smallest absolute Gasteiger partial charge is 0.270 e. The van der Waals surface area contributed by atoms with Crippen LogP contribution < -0.4 is 10.2 Å². The lowest BCUT2D eigenvalue weighted by Gasteiger charge is -2.27. The third-order valence-electron chi connectivity index (χ3n) is 4.21. The minimum atomic E-state index is -2.71. The predicted molar refractivity (Wildman–Crippen MR) is 70.2 cm³/mol. The zero-order chi connectivity index (χ0) is 14.3. The molecule has 0 amide bonds. The quantitative estimate of drug-likeness (QED) is 0.683. The standard InChI is InChI=1S/C13H15F2N3O2/c14-13(15)10-5-9(18(19)20)1-2-11(10)17-4-3-8-6-16-7-12(8)17/h1-2,5,8,12-13,16H,3-4,6-7H2/t8-,12+/m0/s1. The summed E-state index contributed by atoms with van der Waals surface area (Å²) in [5.41, 5.74) is -0.0992. The van der Waals surface area contributed by atoms with E-state index < -0.39 is 11.3 Å². The molecule has 2 heterocycles. The molecule has 5 nitrogen and oxygen atoms in total. The number of hydrogen-bond donors (Lipinski definition) is 1. The lowest BCUT2D eigenvalue weighted by atomic mass is 10.0. The molecule has 2 atom stereocenters. The number of alkyl halides is 2. The highest BCUT2D eigenvalue weighted by Gasteiger charge is 2.39. The molecule has 2 aliphatic heterocycles. The van der Waals surface area contributed by atoms with Crippen LogP contribution >= 0.6 is 0 Å². The van der Waals surface area contributed by atoms with Crippen molar-refractivity contribution in [2.24, 2.45) is 5.92 Å². The van der Waals surface area contributed by atoms with Gasteiger partial charge in [0.05, 0.1) is 4.92 Å². The van der Waals surface area contributed by atoms with Crippen LogP contribution in [0.2, 0.25) is 0 Å². The third kappa shape index (κ3) is 2.11. The Kier molecular flexibility index (Phi) is 3.29. The number of halogens is 2. The summed E-state index contributed by atoms with van der Waals surface area (Å²) in [6, 6.07) is 3.97. The highest BCUT2D eigenvalue weighted by molar-refractivity contribution is 5.60. The molecular weight excluding hydrogens is 268 g/mol. The van der Waals surface area contributed by atoms with E-state index in [1.54, 1.807) is 0 Å². The first-order chi connectivity index (χ1) is 9.58. The molecule has 7 heteroatoms. The molecule has 108 valence electrons. The van der Waals surface area contributed by atoms with Crippen LogP contribution in [-0.2, 0) is 0 Å². The highest BCUT2D eigenvalue weighted by Crippen LogP contribution is 2.38. The molecule has 2 aliphatic rings. The average molecular weight is 283 g/mol. The first kappa shape index (κ1) is 13.2. The topological polar surface area (TPSA) is 58.4 Å². The first-order valence-electron chi connectivity index (χ1n) is 6.62. The molecule has 0 spiro atoms. The van der Waals surface area contributed by atoms with E-state index in [0.29, 0.717) is 11.6 Å². The van der Waals surface area contributed by atoms with Gasteiger partial charge in [-0.1, -0.05) is 0 Å². The van der Waals surface area contributed by atoms with Gasteiger partial charge in [-0.25, -0.2) is 8.78 Å². The van der Waals surface area contributed by atoms with E-state index >= 15 is 0 Å². The number of benzene rings is 1. The van der Waals surface area contributed by atoms with E-state index in [1.807, 2.05) is 4.90 Å². The van der Waals surface area contributed by atoms with Gasteiger partial charge < -0.3 is 10.2 Å². The third-order valence-corrected chi connectivity index (χ3v) is 4.21. The molecule has 0 bridgehead atoms. The first-order valence-corrected chi connectivity index (χ1v) is 6.62. The summed E-state index contributed by atoms with van der Waals surface area (Å²) in [6.45, 7) is 2.43. The molecule has 0 aromatic heterocycles. The number of hydrogen-bond acceptors (Lipinski definition) is 4. The van der Waals surface area contributed by atoms with E-state index in [9.17, 15) is 18.9 Å². The summed E-state index contributed by atoms with van der Waals surface area (Å²) in [5.74, 6) is 0.482. The van der Waals surface area contributed by atoms with Crippen molar-refractivity contribution in [1.29, 1.82) is 0 Å². The van der Waals surface area contributed by atoms with Gasteiger partial charge in [0.2, 0.25) is 0 Å². The van der Waals surface area contributed by atoms with Gasteiger partial charge in [-0.15, -0.1) is 0 Å². The van der Waals surface area contributed by atoms with Crippen molar-refractivity contribution in [3.8, 4) is 0 Å². The summed E-state index contributed by atoms with van der Waals surface area (Å²) in [5, 5.41) is 14.0. The fourth-order valence-corrected chi connectivity index (χ4v) is 3.24. The summed E-state index contributed by atoms with van der Waals surface area (Å²) in [4.78, 5) is 12.1. The minimum Gasteiger partial charge on any atom is -0.367 e. The van der Waals surface area contributed by atoms with Crippen LogP contribution in [0.5, 0.6) is 0 Å². The van der Waals surface area contributed by atoms with Gasteiger partial charge in [-0.2, -0.15) is 0 Å². The molecule has 3 rings (SSSR count). The molecule has 20 heavy (non-hydrogen) atoms. The molecule has 0 saturated carbocycles. The van der Waals surface area contributed by atoms with Crippen LogP contribution in [0.1, 0.15) is 18.4 Å². The fourth-order valence-electron chi connectivity index (χ4n) is 3.24. The van der Waals surface area contributed by atoms with Gasteiger partial charge in [0.15, 0.2) is 0 Å². The second kappa shape index (κ2) is 4.97. The predicted octanol–water partition coefficient (Wildman–Crippen LogP) is 2.33. The van der Waals surface area contributed by atoms with Crippen LogP contribution in [0.3, 0.4) is 0 Å². The van der Waals surface area contributed by atoms with Crippen molar-refractivity contribution >= 4 is 11.4 Å². The van der Waals surface area contributed by atoms with Crippen LogP contribution in [0.4, 0.5) is 20.2 Å². The second-order valence-corrected chi connectivity index (χ2v) is 5.27. The Labute approximate surface area is 114 Å². The molecule has 2 fully saturated rings. The molecule has 1 aromatic carbocycles. The van der Waals surface area contributed by atoms with Gasteiger partial charge in [0, 0.05) is 49.1 Å². The van der Waals surface area contributed by atoms with Crippen molar-refractivity contribution in [3.05, 3.63) is 33.9 Å². The van der Waals surface area contributed by atoms with Crippen molar-refractivity contribution < 1.29 is 13.7 Å². The highest BCUT2D eigenvalue weighted by atomic mass is 19.3. The normalized spacial score (nSPS) is 25.2. The van der Waals surface area contributed by atoms with Crippen LogP contribution in [0.25, 0.3) is 0 Å². The maximum atomic E-state index is 13.2. The number of nitrogens with one attached hydrogen (secondary N) is 1. The largest absolute Gasteiger partial charge is 0.367 e. The number of nitrogens with zero attached hydrogens (tertiary/aromatic N) is 2. The monoisotopic (exact) mass is 283 g/mol. The van der Waals surface area contributed by atoms with Crippen molar-refractivity contribution in [2.45, 2.75) is 18.9 Å². The Balaban J connectivity index is 1.98. The number of nitro groups is 1. The summed E-state index contributed by atoms with van der Waals surface area (Å²) < 4.78 is 26.4. The summed E-state index contributed by atoms with van der Waals surface area (Å²) in [7, 11) is 0. The Hall–Kier alpha value is -1.76. The Bertz CT molecular complexity index is 538. The number of anilines is 1. The zero-order valence-electron chi connectivity index (χ0n) is 10.8. The second-order valence-electron chi connectivity index (χ2n) is 5.27. The molecule has 1 aromatic rings. The van der Waals surface area contributed by atoms with Gasteiger partial charge in [0.25, 0.3) is 12.1 Å². The zero-order valence-corrected chi connectivity index (χ0v) is 10.8. The van der Waals surface area contributed by atoms with E-state index in [4.69, 9.17) is 0 Å². The van der Waals surface area contributed by atoms with E-state index in [2.05, 4.69) is 5.32 Å². The number of rotatable bonds is 3. The maximum absolute atomic E-state index is 13.2. The Morgan fingerprint density at radius 2 is 2.20 bits per heavy atom. The molecule has 0 radical (unpaired) electrons. The lowest BCUT2D eigenvalue weighted by Crippen LogP contribution is -2.34. The maximum Gasteiger partial charge on any atom is 0.270 e. The van der Waals surface area contributed by atoms with E-state index in [1.165, 1.54) is 12.1 Å². The number of fused-ring (bicyclic) bond motifs is 1. The van der Waals surface area contributed by atoms with Gasteiger partial charge in [-0.3, -0.25) is 10.1 Å². The van der Waals surface area contributed by atoms with Crippen molar-refractivity contribution in [3.63, 3.8) is 0 Å². The van der Waals surface area contributed by atoms with Crippen molar-refractivity contribution in [2.75, 3.05) is 24.5 Å². The van der Waals surface area contributed by atoms with Crippen molar-refractivity contribution in [1.82, 2.24) is 5.32 Å². The molecule has 2 saturated heterocycles. The number of nitro benzene ring substituents is 1. The molecule has 0 aliphatic carbocycles. The fraction of sp³-hybridized carbons (Fsp3) is 0.538.